The molecule has 3 N–H and O–H groups in total. The van der Waals surface area contributed by atoms with E-state index in [0.29, 0.717) is 18.8 Å². The Morgan fingerprint density at radius 3 is 2.42 bits per heavy atom. The molecule has 0 aliphatic carbocycles. The van der Waals surface area contributed by atoms with E-state index in [4.69, 9.17) is 0 Å². The molecule has 3 rings (SSSR count). The second-order valence-corrected chi connectivity index (χ2v) is 6.75. The van der Waals surface area contributed by atoms with Crippen LogP contribution < -0.4 is 16.0 Å². The van der Waals surface area contributed by atoms with Gasteiger partial charge in [-0.05, 0) is 56.5 Å². The highest BCUT2D eigenvalue weighted by Gasteiger charge is 2.29. The molecule has 1 atom stereocenters. The van der Waals surface area contributed by atoms with Gasteiger partial charge >= 0.3 is 6.03 Å². The fourth-order valence-corrected chi connectivity index (χ4v) is 3.45. The predicted molar refractivity (Wildman–Crippen MR) is 101 cm³/mol. The Morgan fingerprint density at radius 1 is 1.12 bits per heavy atom. The molecule has 2 fully saturated rings. The van der Waals surface area contributed by atoms with E-state index in [1.165, 1.54) is 24.3 Å². The molecule has 3 amide bonds. The Morgan fingerprint density at radius 2 is 1.81 bits per heavy atom. The quantitative estimate of drug-likeness (QED) is 0.749. The number of amides is 3. The molecule has 0 radical (unpaired) electrons. The van der Waals surface area contributed by atoms with Gasteiger partial charge in [0.1, 0.15) is 5.82 Å². The largest absolute Gasteiger partial charge is 0.342 e. The third-order valence-corrected chi connectivity index (χ3v) is 4.89. The Bertz CT molecular complexity index is 600. The van der Waals surface area contributed by atoms with Gasteiger partial charge in [0.25, 0.3) is 0 Å². The highest BCUT2D eigenvalue weighted by atomic mass is 35.5. The summed E-state index contributed by atoms with van der Waals surface area (Å²) in [6.07, 6.45) is 3.52. The lowest BCUT2D eigenvalue weighted by Gasteiger charge is -2.35. The van der Waals surface area contributed by atoms with E-state index >= 15 is 0 Å². The number of nitrogens with one attached hydrogen (secondary N) is 3. The van der Waals surface area contributed by atoms with Crippen LogP contribution in [0.15, 0.2) is 24.3 Å². The van der Waals surface area contributed by atoms with Crippen molar-refractivity contribution in [2.75, 3.05) is 31.5 Å². The van der Waals surface area contributed by atoms with Crippen LogP contribution in [0.5, 0.6) is 0 Å². The summed E-state index contributed by atoms with van der Waals surface area (Å²) in [5.74, 6) is -0.00221. The summed E-state index contributed by atoms with van der Waals surface area (Å²) in [5, 5.41) is 8.90. The lowest BCUT2D eigenvalue weighted by atomic mass is 9.96. The van der Waals surface area contributed by atoms with Crippen molar-refractivity contribution >= 4 is 30.0 Å². The third-order valence-electron chi connectivity index (χ3n) is 4.89. The molecule has 2 aliphatic heterocycles. The molecule has 2 heterocycles. The number of likely N-dealkylation sites (tertiary alicyclic amines) is 1. The van der Waals surface area contributed by atoms with Gasteiger partial charge in [0, 0.05) is 31.4 Å². The van der Waals surface area contributed by atoms with Gasteiger partial charge in [0.05, 0.1) is 5.92 Å². The number of benzene rings is 1. The summed E-state index contributed by atoms with van der Waals surface area (Å²) in [6.45, 7) is 3.13. The fraction of sp³-hybridized carbons (Fsp3) is 0.556. The van der Waals surface area contributed by atoms with Gasteiger partial charge in [-0.3, -0.25) is 4.79 Å². The van der Waals surface area contributed by atoms with Gasteiger partial charge in [0.15, 0.2) is 0 Å². The molecular weight excluding hydrogens is 359 g/mol. The van der Waals surface area contributed by atoms with Crippen LogP contribution in [-0.2, 0) is 4.79 Å². The first-order valence-corrected chi connectivity index (χ1v) is 8.94. The number of carbonyl (C=O) groups is 2. The molecule has 1 aromatic carbocycles. The summed E-state index contributed by atoms with van der Waals surface area (Å²) in [7, 11) is 0. The number of anilines is 1. The van der Waals surface area contributed by atoms with Crippen LogP contribution in [0.25, 0.3) is 0 Å². The Balaban J connectivity index is 0.00000243. The van der Waals surface area contributed by atoms with Crippen molar-refractivity contribution in [3.05, 3.63) is 30.1 Å². The van der Waals surface area contributed by atoms with Crippen molar-refractivity contribution < 1.29 is 14.0 Å². The molecular formula is C18H26ClFN4O2. The molecule has 0 saturated carbocycles. The molecule has 2 aliphatic rings. The smallest absolute Gasteiger partial charge is 0.319 e. The molecule has 144 valence electrons. The lowest BCUT2D eigenvalue weighted by molar-refractivity contribution is -0.137. The van der Waals surface area contributed by atoms with Gasteiger partial charge < -0.3 is 20.9 Å². The van der Waals surface area contributed by atoms with E-state index in [2.05, 4.69) is 16.0 Å². The summed E-state index contributed by atoms with van der Waals surface area (Å²) in [4.78, 5) is 26.5. The van der Waals surface area contributed by atoms with E-state index in [0.717, 1.165) is 38.8 Å². The molecule has 1 unspecified atom stereocenters. The molecule has 6 nitrogen and oxygen atoms in total. The molecule has 26 heavy (non-hydrogen) atoms. The molecule has 1 aromatic rings. The first-order valence-electron chi connectivity index (χ1n) is 8.94. The monoisotopic (exact) mass is 384 g/mol. The van der Waals surface area contributed by atoms with Crippen molar-refractivity contribution in [1.82, 2.24) is 15.5 Å². The van der Waals surface area contributed by atoms with Crippen LogP contribution in [0.3, 0.4) is 0 Å². The number of hydrogen-bond donors (Lipinski definition) is 3. The normalized spacial score (nSPS) is 20.8. The molecule has 0 spiro atoms. The van der Waals surface area contributed by atoms with Crippen LogP contribution in [0, 0.1) is 11.7 Å². The van der Waals surface area contributed by atoms with E-state index in [1.807, 2.05) is 4.90 Å². The van der Waals surface area contributed by atoms with Crippen LogP contribution in [0.1, 0.15) is 25.7 Å². The highest BCUT2D eigenvalue weighted by molar-refractivity contribution is 5.89. The van der Waals surface area contributed by atoms with Crippen LogP contribution in [-0.4, -0.2) is 49.1 Å². The van der Waals surface area contributed by atoms with Crippen LogP contribution >= 0.6 is 12.4 Å². The zero-order valence-electron chi connectivity index (χ0n) is 14.7. The van der Waals surface area contributed by atoms with Gasteiger partial charge in [-0.2, -0.15) is 0 Å². The molecule has 2 saturated heterocycles. The van der Waals surface area contributed by atoms with Crippen molar-refractivity contribution in [2.24, 2.45) is 5.92 Å². The highest BCUT2D eigenvalue weighted by Crippen LogP contribution is 2.18. The topological polar surface area (TPSA) is 73.5 Å². The second-order valence-electron chi connectivity index (χ2n) is 6.75. The zero-order valence-corrected chi connectivity index (χ0v) is 15.5. The van der Waals surface area contributed by atoms with Gasteiger partial charge in [-0.1, -0.05) is 0 Å². The molecule has 8 heteroatoms. The lowest BCUT2D eigenvalue weighted by Crippen LogP contribution is -2.50. The summed E-state index contributed by atoms with van der Waals surface area (Å²) >= 11 is 0. The maximum Gasteiger partial charge on any atom is 0.319 e. The van der Waals surface area contributed by atoms with Gasteiger partial charge in [0.2, 0.25) is 5.91 Å². The standard InChI is InChI=1S/C18H25FN4O2.ClH/c19-14-3-5-15(6-4-14)21-18(25)22-16-7-10-23(11-8-16)17(24)13-2-1-9-20-12-13;/h3-6,13,16,20H,1-2,7-12H2,(H2,21,22,25);1H. The average Bonchev–Trinajstić information content (AvgIpc) is 2.64. The van der Waals surface area contributed by atoms with Crippen molar-refractivity contribution in [3.63, 3.8) is 0 Å². The second kappa shape index (κ2) is 9.73. The van der Waals surface area contributed by atoms with Crippen molar-refractivity contribution in [2.45, 2.75) is 31.7 Å². The summed E-state index contributed by atoms with van der Waals surface area (Å²) in [5.41, 5.74) is 0.552. The SMILES string of the molecule is Cl.O=C(Nc1ccc(F)cc1)NC1CCN(C(=O)C2CCCNC2)CC1. The van der Waals surface area contributed by atoms with Gasteiger partial charge in [-0.25, -0.2) is 9.18 Å². The molecule has 0 bridgehead atoms. The maximum atomic E-state index is 12.9. The first-order chi connectivity index (χ1) is 12.1. The van der Waals surface area contributed by atoms with E-state index in [-0.39, 0.29) is 42.1 Å². The summed E-state index contributed by atoms with van der Waals surface area (Å²) in [6, 6.07) is 5.41. The van der Waals surface area contributed by atoms with E-state index in [1.54, 1.807) is 0 Å². The average molecular weight is 385 g/mol. The molecule has 0 aromatic heterocycles. The Labute approximate surface area is 159 Å². The number of carbonyl (C=O) groups excluding carboxylic acids is 2. The number of hydrogen-bond acceptors (Lipinski definition) is 3. The number of urea groups is 1. The Kier molecular flexibility index (Phi) is 7.66. The van der Waals surface area contributed by atoms with E-state index < -0.39 is 0 Å². The van der Waals surface area contributed by atoms with E-state index in [9.17, 15) is 14.0 Å². The number of halogens is 2. The zero-order chi connectivity index (χ0) is 17.6. The van der Waals surface area contributed by atoms with Gasteiger partial charge in [-0.15, -0.1) is 12.4 Å². The minimum absolute atomic E-state index is 0. The Hall–Kier alpha value is -1.86. The fourth-order valence-electron chi connectivity index (χ4n) is 3.45. The number of rotatable bonds is 3. The van der Waals surface area contributed by atoms with Crippen LogP contribution in [0.2, 0.25) is 0 Å². The third kappa shape index (κ3) is 5.57. The minimum Gasteiger partial charge on any atom is -0.342 e. The maximum absolute atomic E-state index is 12.9. The first kappa shape index (κ1) is 20.5. The summed E-state index contributed by atoms with van der Waals surface area (Å²) < 4.78 is 12.9. The van der Waals surface area contributed by atoms with Crippen LogP contribution in [0.4, 0.5) is 14.9 Å². The van der Waals surface area contributed by atoms with Crippen molar-refractivity contribution in [3.8, 4) is 0 Å². The van der Waals surface area contributed by atoms with Crippen molar-refractivity contribution in [1.29, 1.82) is 0 Å². The number of piperidine rings is 2. The number of nitrogens with zero attached hydrogens (tertiary/aromatic N) is 1. The predicted octanol–water partition coefficient (Wildman–Crippen LogP) is 2.36. The minimum atomic E-state index is -0.337.